The fourth-order valence-corrected chi connectivity index (χ4v) is 2.91. The van der Waals surface area contributed by atoms with Crippen molar-refractivity contribution in [1.29, 1.82) is 0 Å². The number of methoxy groups -OCH3 is 1. The molecule has 19 heavy (non-hydrogen) atoms. The van der Waals surface area contributed by atoms with Gasteiger partial charge in [-0.2, -0.15) is 0 Å². The minimum absolute atomic E-state index is 0.440. The van der Waals surface area contributed by atoms with Crippen LogP contribution >= 0.6 is 0 Å². The zero-order valence-electron chi connectivity index (χ0n) is 12.2. The van der Waals surface area contributed by atoms with Crippen molar-refractivity contribution in [2.75, 3.05) is 13.7 Å². The lowest BCUT2D eigenvalue weighted by Gasteiger charge is -2.19. The van der Waals surface area contributed by atoms with Crippen molar-refractivity contribution in [1.82, 2.24) is 5.32 Å². The van der Waals surface area contributed by atoms with E-state index in [2.05, 4.69) is 5.32 Å². The second kappa shape index (κ2) is 6.40. The van der Waals surface area contributed by atoms with Gasteiger partial charge >= 0.3 is 0 Å². The molecule has 1 aromatic carbocycles. The van der Waals surface area contributed by atoms with E-state index in [9.17, 15) is 5.11 Å². The first-order chi connectivity index (χ1) is 9.11. The van der Waals surface area contributed by atoms with Crippen LogP contribution in [0.2, 0.25) is 0 Å². The molecule has 0 saturated heterocycles. The van der Waals surface area contributed by atoms with Gasteiger partial charge in [0.1, 0.15) is 5.75 Å². The van der Waals surface area contributed by atoms with Gasteiger partial charge in [0.05, 0.1) is 13.2 Å². The van der Waals surface area contributed by atoms with Crippen molar-refractivity contribution in [3.05, 3.63) is 28.8 Å². The largest absolute Gasteiger partial charge is 0.496 e. The minimum atomic E-state index is -0.440. The number of nitrogens with one attached hydrogen (secondary N) is 1. The van der Waals surface area contributed by atoms with E-state index < -0.39 is 6.10 Å². The van der Waals surface area contributed by atoms with Gasteiger partial charge in [-0.05, 0) is 55.5 Å². The van der Waals surface area contributed by atoms with E-state index in [1.807, 2.05) is 26.0 Å². The molecule has 1 atom stereocenters. The number of hydrogen-bond acceptors (Lipinski definition) is 3. The number of ether oxygens (including phenoxy) is 1. The fraction of sp³-hybridized carbons (Fsp3) is 0.625. The average Bonchev–Trinajstić information content (AvgIpc) is 2.91. The second-order valence-corrected chi connectivity index (χ2v) is 5.58. The third kappa shape index (κ3) is 3.48. The lowest BCUT2D eigenvalue weighted by Crippen LogP contribution is -2.30. The summed E-state index contributed by atoms with van der Waals surface area (Å²) in [5.41, 5.74) is 3.16. The Hall–Kier alpha value is -1.06. The number of aryl methyl sites for hydroxylation is 2. The van der Waals surface area contributed by atoms with Gasteiger partial charge in [0, 0.05) is 12.6 Å². The fourth-order valence-electron chi connectivity index (χ4n) is 2.91. The average molecular weight is 263 g/mol. The second-order valence-electron chi connectivity index (χ2n) is 5.58. The molecule has 0 aromatic heterocycles. The molecule has 3 nitrogen and oxygen atoms in total. The van der Waals surface area contributed by atoms with Gasteiger partial charge in [0.25, 0.3) is 0 Å². The van der Waals surface area contributed by atoms with Crippen LogP contribution < -0.4 is 10.1 Å². The molecule has 1 unspecified atom stereocenters. The Bertz CT molecular complexity index is 425. The first kappa shape index (κ1) is 14.4. The minimum Gasteiger partial charge on any atom is -0.496 e. The standard InChI is InChI=1S/C16H25NO2/c1-11-9-16(19-3)12(2)8-14(11)15(18)10-17-13-6-4-5-7-13/h8-9,13,15,17-18H,4-7,10H2,1-3H3. The first-order valence-corrected chi connectivity index (χ1v) is 7.18. The van der Waals surface area contributed by atoms with Gasteiger partial charge in [0.2, 0.25) is 0 Å². The number of rotatable bonds is 5. The molecule has 0 aliphatic heterocycles. The highest BCUT2D eigenvalue weighted by Crippen LogP contribution is 2.27. The van der Waals surface area contributed by atoms with Gasteiger partial charge in [-0.1, -0.05) is 12.8 Å². The molecule has 0 amide bonds. The van der Waals surface area contributed by atoms with Gasteiger partial charge in [-0.15, -0.1) is 0 Å². The highest BCUT2D eigenvalue weighted by molar-refractivity contribution is 5.42. The SMILES string of the molecule is COc1cc(C)c(C(O)CNC2CCCC2)cc1C. The van der Waals surface area contributed by atoms with Gasteiger partial charge in [-0.3, -0.25) is 0 Å². The number of aliphatic hydroxyl groups excluding tert-OH is 1. The summed E-state index contributed by atoms with van der Waals surface area (Å²) >= 11 is 0. The molecular formula is C16H25NO2. The zero-order valence-corrected chi connectivity index (χ0v) is 12.2. The van der Waals surface area contributed by atoms with Crippen LogP contribution in [0.4, 0.5) is 0 Å². The van der Waals surface area contributed by atoms with Crippen molar-refractivity contribution in [3.8, 4) is 5.75 Å². The lowest BCUT2D eigenvalue weighted by atomic mass is 9.99. The lowest BCUT2D eigenvalue weighted by molar-refractivity contribution is 0.169. The first-order valence-electron chi connectivity index (χ1n) is 7.18. The maximum Gasteiger partial charge on any atom is 0.122 e. The Labute approximate surface area is 116 Å². The molecule has 0 spiro atoms. The summed E-state index contributed by atoms with van der Waals surface area (Å²) in [7, 11) is 1.68. The van der Waals surface area contributed by atoms with Crippen molar-refractivity contribution in [3.63, 3.8) is 0 Å². The number of hydrogen-bond donors (Lipinski definition) is 2. The molecular weight excluding hydrogens is 238 g/mol. The van der Waals surface area contributed by atoms with Gasteiger partial charge in [-0.25, -0.2) is 0 Å². The van der Waals surface area contributed by atoms with Crippen LogP contribution in [-0.4, -0.2) is 24.8 Å². The summed E-state index contributed by atoms with van der Waals surface area (Å²) in [4.78, 5) is 0. The molecule has 1 aliphatic rings. The predicted octanol–water partition coefficient (Wildman–Crippen LogP) is 2.88. The van der Waals surface area contributed by atoms with Crippen molar-refractivity contribution in [2.45, 2.75) is 51.7 Å². The highest BCUT2D eigenvalue weighted by atomic mass is 16.5. The predicted molar refractivity (Wildman–Crippen MR) is 77.7 cm³/mol. The van der Waals surface area contributed by atoms with Crippen LogP contribution in [0.3, 0.4) is 0 Å². The summed E-state index contributed by atoms with van der Waals surface area (Å²) in [5, 5.41) is 13.8. The molecule has 1 aromatic rings. The van der Waals surface area contributed by atoms with E-state index in [0.29, 0.717) is 12.6 Å². The Kier molecular flexibility index (Phi) is 4.83. The van der Waals surface area contributed by atoms with E-state index in [4.69, 9.17) is 4.74 Å². The van der Waals surface area contributed by atoms with Gasteiger partial charge < -0.3 is 15.2 Å². The molecule has 1 fully saturated rings. The maximum absolute atomic E-state index is 10.3. The summed E-state index contributed by atoms with van der Waals surface area (Å²) < 4.78 is 5.30. The summed E-state index contributed by atoms with van der Waals surface area (Å²) in [5.74, 6) is 0.886. The topological polar surface area (TPSA) is 41.5 Å². The van der Waals surface area contributed by atoms with Crippen molar-refractivity contribution >= 4 is 0 Å². The Morgan fingerprint density at radius 1 is 1.26 bits per heavy atom. The molecule has 106 valence electrons. The summed E-state index contributed by atoms with van der Waals surface area (Å²) in [6.45, 7) is 4.67. The van der Waals surface area contributed by atoms with Crippen molar-refractivity contribution in [2.24, 2.45) is 0 Å². The van der Waals surface area contributed by atoms with Crippen LogP contribution in [-0.2, 0) is 0 Å². The molecule has 3 heteroatoms. The Balaban J connectivity index is 2.01. The number of benzene rings is 1. The smallest absolute Gasteiger partial charge is 0.122 e. The molecule has 2 rings (SSSR count). The number of aliphatic hydroxyl groups is 1. The summed E-state index contributed by atoms with van der Waals surface area (Å²) in [6.07, 6.45) is 4.68. The van der Waals surface area contributed by atoms with E-state index in [1.165, 1.54) is 25.7 Å². The Morgan fingerprint density at radius 2 is 1.95 bits per heavy atom. The quantitative estimate of drug-likeness (QED) is 0.858. The van der Waals surface area contributed by atoms with E-state index in [-0.39, 0.29) is 0 Å². The van der Waals surface area contributed by atoms with Crippen LogP contribution in [0.1, 0.15) is 48.5 Å². The van der Waals surface area contributed by atoms with Crippen LogP contribution in [0.5, 0.6) is 5.75 Å². The molecule has 1 aliphatic carbocycles. The normalized spacial score (nSPS) is 17.7. The van der Waals surface area contributed by atoms with Crippen LogP contribution in [0.15, 0.2) is 12.1 Å². The molecule has 0 bridgehead atoms. The van der Waals surface area contributed by atoms with Crippen LogP contribution in [0, 0.1) is 13.8 Å². The van der Waals surface area contributed by atoms with E-state index >= 15 is 0 Å². The third-order valence-electron chi connectivity index (χ3n) is 4.10. The molecule has 2 N–H and O–H groups in total. The summed E-state index contributed by atoms with van der Waals surface area (Å²) in [6, 6.07) is 4.63. The Morgan fingerprint density at radius 3 is 2.58 bits per heavy atom. The zero-order chi connectivity index (χ0) is 13.8. The molecule has 0 heterocycles. The van der Waals surface area contributed by atoms with E-state index in [1.54, 1.807) is 7.11 Å². The third-order valence-corrected chi connectivity index (χ3v) is 4.10. The van der Waals surface area contributed by atoms with Crippen molar-refractivity contribution < 1.29 is 9.84 Å². The monoisotopic (exact) mass is 263 g/mol. The van der Waals surface area contributed by atoms with Crippen LogP contribution in [0.25, 0.3) is 0 Å². The van der Waals surface area contributed by atoms with E-state index in [0.717, 1.165) is 22.4 Å². The molecule has 1 saturated carbocycles. The molecule has 0 radical (unpaired) electrons. The highest BCUT2D eigenvalue weighted by Gasteiger charge is 2.18. The van der Waals surface area contributed by atoms with Gasteiger partial charge in [0.15, 0.2) is 0 Å². The maximum atomic E-state index is 10.3.